The monoisotopic (exact) mass is 157 g/mol. The van der Waals surface area contributed by atoms with Crippen molar-refractivity contribution in [1.82, 2.24) is 0 Å². The molecule has 1 nitrogen and oxygen atoms in total. The molecule has 0 radical (unpaired) electrons. The average molecular weight is 157 g/mol. The number of hydrogen-bond acceptors (Lipinski definition) is 2. The van der Waals surface area contributed by atoms with Gasteiger partial charge in [0, 0.05) is 10.6 Å². The molecule has 0 saturated heterocycles. The molecule has 1 heterocycles. The molecule has 54 valence electrons. The minimum Gasteiger partial charge on any atom is -0.402 e. The Labute approximate surface area is 63.0 Å². The largest absolute Gasteiger partial charge is 0.402 e. The van der Waals surface area contributed by atoms with Crippen molar-refractivity contribution in [2.24, 2.45) is 5.73 Å². The third-order valence-electron chi connectivity index (χ3n) is 0.964. The molecule has 1 rings (SSSR count). The fourth-order valence-corrected chi connectivity index (χ4v) is 1.37. The molecule has 0 saturated carbocycles. The first kappa shape index (κ1) is 7.28. The van der Waals surface area contributed by atoms with Crippen LogP contribution in [-0.4, -0.2) is 0 Å². The van der Waals surface area contributed by atoms with Crippen LogP contribution in [0.25, 0.3) is 6.08 Å². The summed E-state index contributed by atoms with van der Waals surface area (Å²) >= 11 is 1.09. The summed E-state index contributed by atoms with van der Waals surface area (Å²) < 4.78 is 12.3. The Morgan fingerprint density at radius 3 is 2.80 bits per heavy atom. The molecule has 0 aliphatic rings. The molecule has 0 aliphatic heterocycles. The van der Waals surface area contributed by atoms with E-state index in [-0.39, 0.29) is 5.13 Å². The topological polar surface area (TPSA) is 26.0 Å². The summed E-state index contributed by atoms with van der Waals surface area (Å²) in [7, 11) is 0. The van der Waals surface area contributed by atoms with Gasteiger partial charge in [-0.3, -0.25) is 0 Å². The molecule has 0 fully saturated rings. The number of hydrogen-bond donors (Lipinski definition) is 1. The molecule has 0 amide bonds. The van der Waals surface area contributed by atoms with Gasteiger partial charge < -0.3 is 5.73 Å². The minimum absolute atomic E-state index is 0.174. The van der Waals surface area contributed by atoms with Crippen molar-refractivity contribution >= 4 is 17.4 Å². The summed E-state index contributed by atoms with van der Waals surface area (Å²) in [6.07, 6.45) is 1.74. The normalized spacial score (nSPS) is 12.0. The van der Waals surface area contributed by atoms with Crippen molar-refractivity contribution in [2.75, 3.05) is 0 Å². The average Bonchev–Trinajstić information content (AvgIpc) is 2.13. The van der Waals surface area contributed by atoms with Crippen molar-refractivity contribution in [3.63, 3.8) is 0 Å². The van der Waals surface area contributed by atoms with Crippen LogP contribution in [0.2, 0.25) is 0 Å². The summed E-state index contributed by atoms with van der Waals surface area (Å²) in [5.41, 5.74) is 6.08. The highest BCUT2D eigenvalue weighted by atomic mass is 32.1. The van der Waals surface area contributed by atoms with Crippen molar-refractivity contribution in [2.45, 2.75) is 6.92 Å². The molecule has 1 aromatic rings. The van der Waals surface area contributed by atoms with E-state index in [1.165, 1.54) is 6.07 Å². The highest BCUT2D eigenvalue weighted by Crippen LogP contribution is 2.16. The fraction of sp³-hybridized carbons (Fsp3) is 0.143. The van der Waals surface area contributed by atoms with Crippen molar-refractivity contribution < 1.29 is 4.39 Å². The standard InChI is InChI=1S/C7H8FNS/c1-5(9)4-6-2-3-7(8)10-6/h2-4H,9H2,1H3/b5-4-. The van der Waals surface area contributed by atoms with Crippen LogP contribution in [-0.2, 0) is 0 Å². The zero-order chi connectivity index (χ0) is 7.56. The molecule has 0 bridgehead atoms. The Bertz CT molecular complexity index is 248. The van der Waals surface area contributed by atoms with Crippen LogP contribution in [0.5, 0.6) is 0 Å². The van der Waals surface area contributed by atoms with E-state index in [1.807, 2.05) is 0 Å². The molecule has 2 N–H and O–H groups in total. The second kappa shape index (κ2) is 2.84. The van der Waals surface area contributed by atoms with Crippen LogP contribution in [0.1, 0.15) is 11.8 Å². The zero-order valence-electron chi connectivity index (χ0n) is 5.60. The third-order valence-corrected chi connectivity index (χ3v) is 1.78. The lowest BCUT2D eigenvalue weighted by Crippen LogP contribution is -1.87. The number of thiophene rings is 1. The van der Waals surface area contributed by atoms with Gasteiger partial charge in [-0.15, -0.1) is 11.3 Å². The smallest absolute Gasteiger partial charge is 0.176 e. The van der Waals surface area contributed by atoms with Gasteiger partial charge in [0.2, 0.25) is 0 Å². The van der Waals surface area contributed by atoms with Gasteiger partial charge in [0.25, 0.3) is 0 Å². The van der Waals surface area contributed by atoms with Gasteiger partial charge in [0.05, 0.1) is 0 Å². The molecular weight excluding hydrogens is 149 g/mol. The number of halogens is 1. The van der Waals surface area contributed by atoms with Gasteiger partial charge in [0.1, 0.15) is 0 Å². The van der Waals surface area contributed by atoms with E-state index in [9.17, 15) is 4.39 Å². The van der Waals surface area contributed by atoms with Crippen LogP contribution in [0.15, 0.2) is 17.8 Å². The van der Waals surface area contributed by atoms with E-state index in [0.717, 1.165) is 16.2 Å². The number of rotatable bonds is 1. The van der Waals surface area contributed by atoms with Crippen LogP contribution in [0.4, 0.5) is 4.39 Å². The SMILES string of the molecule is C/C(N)=C/c1ccc(F)s1. The number of allylic oxidation sites excluding steroid dienone is 1. The highest BCUT2D eigenvalue weighted by Gasteiger charge is 1.93. The molecule has 3 heteroatoms. The van der Waals surface area contributed by atoms with Crippen LogP contribution < -0.4 is 5.73 Å². The van der Waals surface area contributed by atoms with E-state index in [0.29, 0.717) is 5.70 Å². The predicted molar refractivity (Wildman–Crippen MR) is 42.1 cm³/mol. The van der Waals surface area contributed by atoms with Gasteiger partial charge in [-0.05, 0) is 25.1 Å². The Morgan fingerprint density at radius 2 is 2.40 bits per heavy atom. The Morgan fingerprint density at radius 1 is 1.70 bits per heavy atom. The zero-order valence-corrected chi connectivity index (χ0v) is 6.41. The summed E-state index contributed by atoms with van der Waals surface area (Å²) in [6, 6.07) is 3.13. The van der Waals surface area contributed by atoms with Crippen molar-refractivity contribution in [1.29, 1.82) is 0 Å². The first-order valence-electron chi connectivity index (χ1n) is 2.87. The van der Waals surface area contributed by atoms with E-state index >= 15 is 0 Å². The molecule has 10 heavy (non-hydrogen) atoms. The van der Waals surface area contributed by atoms with Crippen LogP contribution in [0, 0.1) is 5.13 Å². The highest BCUT2D eigenvalue weighted by molar-refractivity contribution is 7.11. The molecule has 1 aromatic heterocycles. The molecule has 0 unspecified atom stereocenters. The van der Waals surface area contributed by atoms with Crippen LogP contribution >= 0.6 is 11.3 Å². The van der Waals surface area contributed by atoms with Gasteiger partial charge >= 0.3 is 0 Å². The predicted octanol–water partition coefficient (Wildman–Crippen LogP) is 2.21. The lowest BCUT2D eigenvalue weighted by atomic mass is 10.4. The lowest BCUT2D eigenvalue weighted by Gasteiger charge is -1.85. The molecule has 0 atom stereocenters. The maximum atomic E-state index is 12.3. The third kappa shape index (κ3) is 1.84. The Kier molecular flexibility index (Phi) is 2.06. The second-order valence-corrected chi connectivity index (χ2v) is 3.10. The van der Waals surface area contributed by atoms with Gasteiger partial charge in [-0.1, -0.05) is 0 Å². The first-order valence-corrected chi connectivity index (χ1v) is 3.69. The minimum atomic E-state index is -0.174. The number of nitrogens with two attached hydrogens (primary N) is 1. The molecule has 0 aromatic carbocycles. The van der Waals surface area contributed by atoms with Gasteiger partial charge in [0.15, 0.2) is 5.13 Å². The summed E-state index contributed by atoms with van der Waals surface area (Å²) in [5, 5.41) is -0.174. The molecule has 0 spiro atoms. The maximum Gasteiger partial charge on any atom is 0.176 e. The molecular formula is C7H8FNS. The second-order valence-electron chi connectivity index (χ2n) is 2.03. The summed E-state index contributed by atoms with van der Waals surface area (Å²) in [4.78, 5) is 0.859. The van der Waals surface area contributed by atoms with E-state index in [4.69, 9.17) is 5.73 Å². The Balaban J connectivity index is 2.86. The van der Waals surface area contributed by atoms with Gasteiger partial charge in [-0.25, -0.2) is 0 Å². The summed E-state index contributed by atoms with van der Waals surface area (Å²) in [6.45, 7) is 1.78. The maximum absolute atomic E-state index is 12.3. The quantitative estimate of drug-likeness (QED) is 0.664. The lowest BCUT2D eigenvalue weighted by molar-refractivity contribution is 0.657. The summed E-state index contributed by atoms with van der Waals surface area (Å²) in [5.74, 6) is 0. The fourth-order valence-electron chi connectivity index (χ4n) is 0.630. The van der Waals surface area contributed by atoms with Crippen LogP contribution in [0.3, 0.4) is 0 Å². The van der Waals surface area contributed by atoms with Gasteiger partial charge in [-0.2, -0.15) is 4.39 Å². The van der Waals surface area contributed by atoms with E-state index < -0.39 is 0 Å². The van der Waals surface area contributed by atoms with E-state index in [2.05, 4.69) is 0 Å². The Hall–Kier alpha value is -0.830. The van der Waals surface area contributed by atoms with E-state index in [1.54, 1.807) is 19.1 Å². The van der Waals surface area contributed by atoms with Crippen molar-refractivity contribution in [3.8, 4) is 0 Å². The van der Waals surface area contributed by atoms with Crippen molar-refractivity contribution in [3.05, 3.63) is 27.8 Å². The first-order chi connectivity index (χ1) is 4.68. The molecule has 0 aliphatic carbocycles.